The van der Waals surface area contributed by atoms with E-state index in [-0.39, 0.29) is 10.8 Å². The van der Waals surface area contributed by atoms with E-state index in [1.165, 1.54) is 115 Å². The minimum Gasteiger partial charge on any atom is -0.310 e. The van der Waals surface area contributed by atoms with Gasteiger partial charge < -0.3 is 9.80 Å². The highest BCUT2D eigenvalue weighted by Gasteiger charge is 2.59. The Bertz CT molecular complexity index is 3300. The summed E-state index contributed by atoms with van der Waals surface area (Å²) < 4.78 is 0. The van der Waals surface area contributed by atoms with Crippen molar-refractivity contribution in [1.29, 1.82) is 0 Å². The second-order valence-electron chi connectivity index (χ2n) is 19.9. The number of anilines is 6. The third-order valence-corrected chi connectivity index (χ3v) is 16.2. The molecule has 1 spiro atoms. The van der Waals surface area contributed by atoms with Gasteiger partial charge in [0.25, 0.3) is 0 Å². The predicted molar refractivity (Wildman–Crippen MR) is 276 cm³/mol. The topological polar surface area (TPSA) is 6.48 Å². The zero-order chi connectivity index (χ0) is 44.0. The standard InChI is InChI=1S/C64H54N2/c1-63(2)55-33-17-16-32-53(55)54-38-37-51(42-56(54)63)65(49-27-8-4-9-28-49)58-34-18-23-45-40-47-25-13-14-26-48-41-46-24-19-35-59(62(46)64(47,48)61(45)58)66(50-29-10-5-11-30-50)57-39-36-43-20-12-15-31-52(43)60(57)44-21-6-3-7-22-44/h3-12,15-24,27-39,42,47-48H,13-14,25-26,40-41H2,1-2H3. The molecule has 0 aliphatic heterocycles. The molecule has 9 aromatic rings. The average Bonchev–Trinajstić information content (AvgIpc) is 3.91. The number of para-hydroxylation sites is 2. The molecule has 4 aliphatic rings. The van der Waals surface area contributed by atoms with Gasteiger partial charge in [-0.15, -0.1) is 0 Å². The van der Waals surface area contributed by atoms with Crippen LogP contribution in [-0.4, -0.2) is 0 Å². The van der Waals surface area contributed by atoms with Crippen molar-refractivity contribution in [2.24, 2.45) is 11.8 Å². The first kappa shape index (κ1) is 39.2. The van der Waals surface area contributed by atoms with Crippen LogP contribution in [0.1, 0.15) is 72.9 Å². The molecule has 0 aromatic heterocycles. The fraction of sp³-hybridized carbons (Fsp3) is 0.188. The Labute approximate surface area is 389 Å². The lowest BCUT2D eigenvalue weighted by Crippen LogP contribution is -2.39. The van der Waals surface area contributed by atoms with E-state index in [1.54, 1.807) is 11.1 Å². The molecule has 0 saturated heterocycles. The Morgan fingerprint density at radius 2 is 0.985 bits per heavy atom. The van der Waals surface area contributed by atoms with Crippen molar-refractivity contribution in [3.8, 4) is 22.3 Å². The molecular weight excluding hydrogens is 797 g/mol. The molecule has 13 rings (SSSR count). The summed E-state index contributed by atoms with van der Waals surface area (Å²) in [6.07, 6.45) is 7.20. The Balaban J connectivity index is 1.08. The van der Waals surface area contributed by atoms with E-state index < -0.39 is 0 Å². The number of hydrogen-bond acceptors (Lipinski definition) is 2. The summed E-state index contributed by atoms with van der Waals surface area (Å²) in [5, 5.41) is 2.52. The fourth-order valence-corrected chi connectivity index (χ4v) is 13.6. The number of fused-ring (bicyclic) bond motifs is 6. The minimum absolute atomic E-state index is 0.110. The van der Waals surface area contributed by atoms with Crippen LogP contribution in [0.15, 0.2) is 206 Å². The molecule has 320 valence electrons. The molecule has 0 amide bonds. The van der Waals surface area contributed by atoms with E-state index >= 15 is 0 Å². The molecule has 0 N–H and O–H groups in total. The van der Waals surface area contributed by atoms with Gasteiger partial charge in [0.2, 0.25) is 0 Å². The summed E-state index contributed by atoms with van der Waals surface area (Å²) in [7, 11) is 0. The SMILES string of the molecule is CC1(C)c2ccccc2-c2ccc(N(c3ccccc3)c3cccc4c3C35c6c(cccc6N(c6ccccc6)c6ccc7ccccc7c6-c6ccccc6)CC3CCCCC5C4)cc21. The second kappa shape index (κ2) is 15.2. The van der Waals surface area contributed by atoms with Crippen LogP contribution in [0.3, 0.4) is 0 Å². The number of nitrogens with zero attached hydrogens (tertiary/aromatic N) is 2. The summed E-state index contributed by atoms with van der Waals surface area (Å²) in [5.41, 5.74) is 21.3. The average molecular weight is 851 g/mol. The van der Waals surface area contributed by atoms with E-state index in [4.69, 9.17) is 0 Å². The van der Waals surface area contributed by atoms with Crippen molar-refractivity contribution in [3.05, 3.63) is 240 Å². The van der Waals surface area contributed by atoms with Crippen molar-refractivity contribution in [1.82, 2.24) is 0 Å². The zero-order valence-electron chi connectivity index (χ0n) is 37.9. The molecule has 1 fully saturated rings. The van der Waals surface area contributed by atoms with Gasteiger partial charge >= 0.3 is 0 Å². The van der Waals surface area contributed by atoms with E-state index in [0.29, 0.717) is 11.8 Å². The summed E-state index contributed by atoms with van der Waals surface area (Å²) >= 11 is 0. The molecule has 3 atom stereocenters. The molecule has 2 heteroatoms. The van der Waals surface area contributed by atoms with Gasteiger partial charge in [-0.25, -0.2) is 0 Å². The van der Waals surface area contributed by atoms with E-state index in [9.17, 15) is 0 Å². The van der Waals surface area contributed by atoms with Gasteiger partial charge in [0.15, 0.2) is 0 Å². The highest BCUT2D eigenvalue weighted by atomic mass is 15.2. The third kappa shape index (κ3) is 5.73. The number of rotatable bonds is 7. The van der Waals surface area contributed by atoms with E-state index in [0.717, 1.165) is 12.8 Å². The molecule has 4 aliphatic carbocycles. The van der Waals surface area contributed by atoms with Gasteiger partial charge in [0.1, 0.15) is 0 Å². The maximum absolute atomic E-state index is 2.64. The first-order valence-electron chi connectivity index (χ1n) is 24.3. The third-order valence-electron chi connectivity index (χ3n) is 16.2. The first-order valence-corrected chi connectivity index (χ1v) is 24.3. The molecule has 1 saturated carbocycles. The van der Waals surface area contributed by atoms with Crippen molar-refractivity contribution in [2.75, 3.05) is 9.80 Å². The molecule has 2 nitrogen and oxygen atoms in total. The van der Waals surface area contributed by atoms with Crippen LogP contribution in [0.4, 0.5) is 34.1 Å². The quantitative estimate of drug-likeness (QED) is 0.158. The highest BCUT2D eigenvalue weighted by Crippen LogP contribution is 2.67. The highest BCUT2D eigenvalue weighted by molar-refractivity contribution is 6.06. The lowest BCUT2D eigenvalue weighted by molar-refractivity contribution is 0.258. The maximum Gasteiger partial charge on any atom is 0.0546 e. The lowest BCUT2D eigenvalue weighted by atomic mass is 9.63. The minimum atomic E-state index is -0.190. The van der Waals surface area contributed by atoms with Gasteiger partial charge in [-0.05, 0) is 153 Å². The normalized spacial score (nSPS) is 19.5. The molecule has 0 bridgehead atoms. The van der Waals surface area contributed by atoms with Crippen molar-refractivity contribution < 1.29 is 0 Å². The smallest absolute Gasteiger partial charge is 0.0546 e. The molecule has 3 unspecified atom stereocenters. The summed E-state index contributed by atoms with van der Waals surface area (Å²) in [6, 6.07) is 78.1. The van der Waals surface area contributed by atoms with Crippen molar-refractivity contribution in [2.45, 2.75) is 63.2 Å². The monoisotopic (exact) mass is 850 g/mol. The summed E-state index contributed by atoms with van der Waals surface area (Å²) in [5.74, 6) is 0.967. The Morgan fingerprint density at radius 1 is 0.424 bits per heavy atom. The van der Waals surface area contributed by atoms with Crippen LogP contribution in [0.25, 0.3) is 33.0 Å². The first-order chi connectivity index (χ1) is 32.5. The molecule has 66 heavy (non-hydrogen) atoms. The Morgan fingerprint density at radius 3 is 1.67 bits per heavy atom. The summed E-state index contributed by atoms with van der Waals surface area (Å²) in [6.45, 7) is 4.81. The fourth-order valence-electron chi connectivity index (χ4n) is 13.6. The maximum atomic E-state index is 2.64. The number of hydrogen-bond donors (Lipinski definition) is 0. The summed E-state index contributed by atoms with van der Waals surface area (Å²) in [4.78, 5) is 5.27. The molecular formula is C64H54N2. The van der Waals surface area contributed by atoms with Crippen molar-refractivity contribution in [3.63, 3.8) is 0 Å². The van der Waals surface area contributed by atoms with Gasteiger partial charge in [-0.3, -0.25) is 0 Å². The van der Waals surface area contributed by atoms with Crippen LogP contribution in [0, 0.1) is 11.8 Å². The Kier molecular flexibility index (Phi) is 9.04. The predicted octanol–water partition coefficient (Wildman–Crippen LogP) is 17.0. The van der Waals surface area contributed by atoms with E-state index in [2.05, 4.69) is 230 Å². The molecule has 0 radical (unpaired) electrons. The zero-order valence-corrected chi connectivity index (χ0v) is 37.9. The molecule has 9 aromatic carbocycles. The van der Waals surface area contributed by atoms with E-state index in [1.807, 2.05) is 0 Å². The van der Waals surface area contributed by atoms with Gasteiger partial charge in [0, 0.05) is 33.5 Å². The van der Waals surface area contributed by atoms with Gasteiger partial charge in [-0.1, -0.05) is 178 Å². The Hall–Kier alpha value is -7.16. The number of benzene rings is 9. The second-order valence-corrected chi connectivity index (χ2v) is 19.9. The van der Waals surface area contributed by atoms with Crippen LogP contribution in [0.5, 0.6) is 0 Å². The molecule has 0 heterocycles. The van der Waals surface area contributed by atoms with Crippen LogP contribution in [-0.2, 0) is 23.7 Å². The van der Waals surface area contributed by atoms with Crippen LogP contribution >= 0.6 is 0 Å². The van der Waals surface area contributed by atoms with Gasteiger partial charge in [-0.2, -0.15) is 0 Å². The van der Waals surface area contributed by atoms with Crippen LogP contribution in [0.2, 0.25) is 0 Å². The van der Waals surface area contributed by atoms with Crippen LogP contribution < -0.4 is 9.80 Å². The largest absolute Gasteiger partial charge is 0.310 e. The lowest BCUT2D eigenvalue weighted by Gasteiger charge is -2.43. The van der Waals surface area contributed by atoms with Crippen molar-refractivity contribution >= 4 is 44.9 Å². The van der Waals surface area contributed by atoms with Gasteiger partial charge in [0.05, 0.1) is 17.1 Å².